The molecule has 46 heavy (non-hydrogen) atoms. The fourth-order valence-electron chi connectivity index (χ4n) is 6.75. The van der Waals surface area contributed by atoms with E-state index < -0.39 is 15.6 Å². The van der Waals surface area contributed by atoms with Crippen LogP contribution in [0.4, 0.5) is 0 Å². The summed E-state index contributed by atoms with van der Waals surface area (Å²) in [6.07, 6.45) is 2.88. The van der Waals surface area contributed by atoms with Crippen molar-refractivity contribution in [2.24, 2.45) is 0 Å². The van der Waals surface area contributed by atoms with Crippen LogP contribution >= 0.6 is 0 Å². The Balaban J connectivity index is 1.47. The van der Waals surface area contributed by atoms with Gasteiger partial charge in [-0.25, -0.2) is 13.1 Å². The van der Waals surface area contributed by atoms with Gasteiger partial charge in [-0.2, -0.15) is 0 Å². The van der Waals surface area contributed by atoms with Gasteiger partial charge < -0.3 is 9.30 Å². The molecule has 0 unspecified atom stereocenters. The van der Waals surface area contributed by atoms with Crippen LogP contribution in [0.5, 0.6) is 5.75 Å². The summed E-state index contributed by atoms with van der Waals surface area (Å²) < 4.78 is 37.7. The molecule has 1 N–H and O–H groups in total. The fourth-order valence-corrected chi connectivity index (χ4v) is 7.78. The van der Waals surface area contributed by atoms with E-state index in [1.165, 1.54) is 5.56 Å². The van der Waals surface area contributed by atoms with Crippen molar-refractivity contribution in [3.05, 3.63) is 173 Å². The minimum Gasteiger partial charge on any atom is -0.497 e. The van der Waals surface area contributed by atoms with E-state index in [0.717, 1.165) is 55.7 Å². The van der Waals surface area contributed by atoms with Crippen LogP contribution < -0.4 is 9.46 Å². The first-order valence-electron chi connectivity index (χ1n) is 15.5. The maximum Gasteiger partial charge on any atom is 0.240 e. The van der Waals surface area contributed by atoms with Gasteiger partial charge in [-0.1, -0.05) is 108 Å². The average molecular weight is 625 g/mol. The predicted molar refractivity (Wildman–Crippen MR) is 186 cm³/mol. The smallest absolute Gasteiger partial charge is 0.240 e. The Morgan fingerprint density at radius 2 is 1.33 bits per heavy atom. The minimum absolute atomic E-state index is 0.240. The van der Waals surface area contributed by atoms with Gasteiger partial charge in [-0.3, -0.25) is 0 Å². The lowest BCUT2D eigenvalue weighted by atomic mass is 9.82. The maximum atomic E-state index is 13.3. The van der Waals surface area contributed by atoms with Gasteiger partial charge in [0.05, 0.1) is 23.2 Å². The molecule has 1 aliphatic rings. The topological polar surface area (TPSA) is 60.3 Å². The number of hydrogen-bond donors (Lipinski definition) is 1. The normalized spacial score (nSPS) is 13.8. The van der Waals surface area contributed by atoms with Crippen LogP contribution in [0.1, 0.15) is 39.1 Å². The lowest BCUT2D eigenvalue weighted by Crippen LogP contribution is -2.32. The molecule has 0 radical (unpaired) electrons. The van der Waals surface area contributed by atoms with Crippen LogP contribution in [0.25, 0.3) is 16.5 Å². The first kappa shape index (κ1) is 29.8. The number of sulfonamides is 1. The molecule has 5 aromatic carbocycles. The van der Waals surface area contributed by atoms with Gasteiger partial charge >= 0.3 is 0 Å². The van der Waals surface area contributed by atoms with E-state index in [-0.39, 0.29) is 11.4 Å². The second-order valence-electron chi connectivity index (χ2n) is 11.9. The molecule has 7 rings (SSSR count). The van der Waals surface area contributed by atoms with Gasteiger partial charge in [0.1, 0.15) is 11.3 Å². The van der Waals surface area contributed by atoms with Gasteiger partial charge in [0.15, 0.2) is 0 Å². The third kappa shape index (κ3) is 5.04. The van der Waals surface area contributed by atoms with Gasteiger partial charge in [-0.15, -0.1) is 0 Å². The largest absolute Gasteiger partial charge is 0.497 e. The van der Waals surface area contributed by atoms with E-state index in [2.05, 4.69) is 107 Å². The lowest BCUT2D eigenvalue weighted by Gasteiger charge is -2.33. The molecule has 1 aromatic heterocycles. The highest BCUT2D eigenvalue weighted by atomic mass is 32.2. The first-order valence-corrected chi connectivity index (χ1v) is 17.0. The summed E-state index contributed by atoms with van der Waals surface area (Å²) in [7, 11) is -2.01. The molecule has 0 aliphatic carbocycles. The molecule has 0 atom stereocenters. The Morgan fingerprint density at radius 1 is 0.739 bits per heavy atom. The Bertz CT molecular complexity index is 2130. The molecule has 230 valence electrons. The average Bonchev–Trinajstić information content (AvgIpc) is 3.60. The van der Waals surface area contributed by atoms with Crippen LogP contribution in [0, 0.1) is 13.8 Å². The second-order valence-corrected chi connectivity index (χ2v) is 13.7. The maximum absolute atomic E-state index is 13.3. The second kappa shape index (κ2) is 11.8. The number of ether oxygens (including phenoxy) is 1. The number of rotatable bonds is 9. The van der Waals surface area contributed by atoms with Crippen molar-refractivity contribution in [2.75, 3.05) is 13.7 Å². The summed E-state index contributed by atoms with van der Waals surface area (Å²) in [5.74, 6) is 0.754. The van der Waals surface area contributed by atoms with E-state index in [4.69, 9.17) is 4.74 Å². The molecule has 0 saturated carbocycles. The van der Waals surface area contributed by atoms with Crippen molar-refractivity contribution in [3.8, 4) is 5.75 Å². The molecule has 0 bridgehead atoms. The molecule has 0 saturated heterocycles. The van der Waals surface area contributed by atoms with Crippen molar-refractivity contribution in [3.63, 3.8) is 0 Å². The zero-order valence-electron chi connectivity index (χ0n) is 26.2. The molecule has 6 heteroatoms. The quantitative estimate of drug-likeness (QED) is 0.177. The number of nitrogens with zero attached hydrogens (tertiary/aromatic N) is 1. The van der Waals surface area contributed by atoms with Crippen LogP contribution in [-0.4, -0.2) is 26.6 Å². The van der Waals surface area contributed by atoms with Gasteiger partial charge in [-0.05, 0) is 78.9 Å². The molecule has 0 spiro atoms. The zero-order valence-corrected chi connectivity index (χ0v) is 27.0. The van der Waals surface area contributed by atoms with Gasteiger partial charge in [0.2, 0.25) is 10.0 Å². The summed E-state index contributed by atoms with van der Waals surface area (Å²) in [5.41, 5.74) is 9.26. The predicted octanol–water partition coefficient (Wildman–Crippen LogP) is 8.02. The van der Waals surface area contributed by atoms with Crippen LogP contribution in [0.3, 0.4) is 0 Å². The van der Waals surface area contributed by atoms with Crippen molar-refractivity contribution < 1.29 is 13.2 Å². The van der Waals surface area contributed by atoms with Crippen molar-refractivity contribution in [2.45, 2.75) is 30.7 Å². The highest BCUT2D eigenvalue weighted by Crippen LogP contribution is 2.51. The number of aromatic nitrogens is 1. The number of benzene rings is 5. The summed E-state index contributed by atoms with van der Waals surface area (Å²) in [5, 5.41) is 1.04. The molecule has 0 amide bonds. The standard InChI is InChI=1S/C40H36N2O3S/c1-28-14-18-30(19-15-28)37-27-40(31-10-6-4-7-11-31,32-12-8-5-9-13-32)42-38-23-20-33(45-3)26-36(38)35(39(37)42)24-25-41-46(43,44)34-21-16-29(2)17-22-34/h4-23,26-27,41H,24-25H2,1-3H3. The molecular weight excluding hydrogens is 589 g/mol. The number of methoxy groups -OCH3 is 1. The molecule has 6 aromatic rings. The summed E-state index contributed by atoms with van der Waals surface area (Å²) in [6.45, 7) is 4.28. The molecular formula is C40H36N2O3S. The Kier molecular flexibility index (Phi) is 7.63. The van der Waals surface area contributed by atoms with Crippen LogP contribution in [-0.2, 0) is 22.0 Å². The zero-order chi connectivity index (χ0) is 31.9. The summed E-state index contributed by atoms with van der Waals surface area (Å²) in [4.78, 5) is 0.263. The molecule has 5 nitrogen and oxygen atoms in total. The van der Waals surface area contributed by atoms with Crippen LogP contribution in [0.2, 0.25) is 0 Å². The monoisotopic (exact) mass is 624 g/mol. The highest BCUT2D eigenvalue weighted by molar-refractivity contribution is 7.89. The number of allylic oxidation sites excluding steroid dienone is 1. The number of nitrogens with one attached hydrogen (secondary N) is 1. The third-order valence-electron chi connectivity index (χ3n) is 9.03. The Morgan fingerprint density at radius 3 is 1.91 bits per heavy atom. The Labute approximate surface area is 270 Å². The highest BCUT2D eigenvalue weighted by Gasteiger charge is 2.44. The van der Waals surface area contributed by atoms with E-state index >= 15 is 0 Å². The fraction of sp³-hybridized carbons (Fsp3) is 0.150. The SMILES string of the molecule is COc1ccc2c(c1)c(CCNS(=O)(=O)c1ccc(C)cc1)c1n2C(c2ccccc2)(c2ccccc2)C=C1c1ccc(C)cc1. The summed E-state index contributed by atoms with van der Waals surface area (Å²) in [6, 6.07) is 43.0. The number of hydrogen-bond acceptors (Lipinski definition) is 3. The van der Waals surface area contributed by atoms with Gasteiger partial charge in [0.25, 0.3) is 0 Å². The van der Waals surface area contributed by atoms with Gasteiger partial charge in [0, 0.05) is 17.5 Å². The Hall–Kier alpha value is -4.91. The van der Waals surface area contributed by atoms with Crippen molar-refractivity contribution in [1.29, 1.82) is 0 Å². The minimum atomic E-state index is -3.69. The molecule has 2 heterocycles. The van der Waals surface area contributed by atoms with Crippen molar-refractivity contribution in [1.82, 2.24) is 9.29 Å². The van der Waals surface area contributed by atoms with Crippen molar-refractivity contribution >= 4 is 26.5 Å². The van der Waals surface area contributed by atoms with Crippen LogP contribution in [0.15, 0.2) is 138 Å². The molecule has 0 fully saturated rings. The van der Waals surface area contributed by atoms with E-state index in [9.17, 15) is 8.42 Å². The van der Waals surface area contributed by atoms with E-state index in [1.54, 1.807) is 19.2 Å². The molecule has 1 aliphatic heterocycles. The summed E-state index contributed by atoms with van der Waals surface area (Å²) >= 11 is 0. The van der Waals surface area contributed by atoms with E-state index in [1.807, 2.05) is 37.3 Å². The number of fused-ring (bicyclic) bond motifs is 3. The third-order valence-corrected chi connectivity index (χ3v) is 10.5. The van der Waals surface area contributed by atoms with E-state index in [0.29, 0.717) is 6.42 Å². The first-order chi connectivity index (χ1) is 22.3. The lowest BCUT2D eigenvalue weighted by molar-refractivity contribution is 0.415. The number of aryl methyl sites for hydroxylation is 2.